The summed E-state index contributed by atoms with van der Waals surface area (Å²) in [5, 5.41) is 2.79. The van der Waals surface area contributed by atoms with Gasteiger partial charge < -0.3 is 46.8 Å². The van der Waals surface area contributed by atoms with Gasteiger partial charge in [0.15, 0.2) is 45.4 Å². The Morgan fingerprint density at radius 3 is 0.913 bits per heavy atom. The van der Waals surface area contributed by atoms with Gasteiger partial charge in [0.05, 0.1) is 74.8 Å². The normalized spacial score (nSPS) is 25.1. The molecule has 9 atom stereocenters. The molecule has 149 heavy (non-hydrogen) atoms. The third-order valence-corrected chi connectivity index (χ3v) is 37.9. The van der Waals surface area contributed by atoms with Crippen LogP contribution in [0.4, 0.5) is 39.5 Å². The largest absolute Gasteiger partial charge is 0.748 e. The summed E-state index contributed by atoms with van der Waals surface area (Å²) in [5.74, 6) is -9.23. The zero-order valence-corrected chi connectivity index (χ0v) is 87.5. The molecule has 2 heterocycles. The van der Waals surface area contributed by atoms with E-state index < -0.39 is 153 Å². The first-order valence-corrected chi connectivity index (χ1v) is 57.1. The van der Waals surface area contributed by atoms with E-state index in [-0.39, 0.29) is 148 Å². The average molecular weight is 2180 g/mol. The molecule has 0 radical (unpaired) electrons. The molecule has 1 aliphatic heterocycles. The summed E-state index contributed by atoms with van der Waals surface area (Å²) in [4.78, 5) is 84.1. The molecular weight excluding hydrogens is 2060 g/mol. The van der Waals surface area contributed by atoms with Crippen molar-refractivity contribution in [3.8, 4) is 16.4 Å². The highest BCUT2D eigenvalue weighted by Gasteiger charge is 2.68. The van der Waals surface area contributed by atoms with Crippen molar-refractivity contribution in [3.05, 3.63) is 285 Å². The summed E-state index contributed by atoms with van der Waals surface area (Å²) in [7, 11) is -15.9. The lowest BCUT2D eigenvalue weighted by Crippen LogP contribution is -2.60. The number of ether oxygens (including phenoxy) is 7. The van der Waals surface area contributed by atoms with E-state index in [0.29, 0.717) is 38.5 Å². The van der Waals surface area contributed by atoms with E-state index >= 15 is 0 Å². The second-order valence-corrected chi connectivity index (χ2v) is 52.5. The van der Waals surface area contributed by atoms with E-state index in [1.807, 2.05) is 24.3 Å². The Bertz CT molecular complexity index is 6510. The summed E-state index contributed by atoms with van der Waals surface area (Å²) in [6.45, 7) is 21.8. The molecule has 12 saturated carbocycles. The smallest absolute Gasteiger partial charge is 0.426 e. The lowest BCUT2D eigenvalue weighted by molar-refractivity contribution is -0.237. The van der Waals surface area contributed by atoms with Gasteiger partial charge in [-0.25, -0.2) is 39.6 Å². The first-order chi connectivity index (χ1) is 69.8. The van der Waals surface area contributed by atoms with Crippen molar-refractivity contribution in [2.75, 3.05) is 17.3 Å². The number of alkyl halides is 9. The van der Waals surface area contributed by atoms with E-state index in [2.05, 4.69) is 273 Å². The van der Waals surface area contributed by atoms with E-state index in [1.165, 1.54) is 80.8 Å². The third-order valence-electron chi connectivity index (χ3n) is 28.9. The van der Waals surface area contributed by atoms with Crippen LogP contribution >= 0.6 is 10.5 Å². The molecule has 12 aliphatic carbocycles. The molecule has 12 bridgehead atoms. The van der Waals surface area contributed by atoms with E-state index in [0.717, 1.165) is 30.8 Å². The first-order valence-electron chi connectivity index (χ1n) is 48.7. The number of fused-ring (bicyclic) bond motifs is 5. The lowest BCUT2D eigenvalue weighted by atomic mass is 9.48. The van der Waals surface area contributed by atoms with Crippen LogP contribution in [-0.4, -0.2) is 146 Å². The number of carbonyl (C=O) groups excluding carboxylic acids is 6. The Morgan fingerprint density at radius 2 is 0.631 bits per heavy atom. The van der Waals surface area contributed by atoms with Crippen molar-refractivity contribution in [3.63, 3.8) is 0 Å². The molecule has 1 aromatic heterocycles. The summed E-state index contributed by atoms with van der Waals surface area (Å²) in [6.07, 6.45) is -17.6. The van der Waals surface area contributed by atoms with Crippen molar-refractivity contribution in [1.82, 2.24) is 0 Å². The van der Waals surface area contributed by atoms with Crippen LogP contribution in [0.15, 0.2) is 308 Å². The summed E-state index contributed by atoms with van der Waals surface area (Å²) >= 11 is 0. The van der Waals surface area contributed by atoms with Crippen molar-refractivity contribution in [2.45, 2.75) is 246 Å². The SMILES string of the molecule is C=C(C)C(=O)OC12CC3CC(C1)CC(C(=O)OC(CS(=O)(=O)[O-])C(F)(F)F)(C3)C2.C=C(C)C(=O)OC12CC3CC(C1)CC(C(=O)OC(CS(=O)(=O)[O-])C(F)(F)F)(C3)C2.C=C(C)C(=O)OC12CC3CC(C1)CC(C(=O)OC(CS(=O)(=O)[O-])C(F)(F)F)(C3)C2.CC(C)(C)c1ccc([S+](c2ccccc2)c2ccccc2)cc1.c1ccc(-[s+]2c3ccccc3c3ccccc32)cc1.c1ccc([S+]2c3ccccc3Oc3ccccc32)cc1. The maximum absolute atomic E-state index is 13.2. The Hall–Kier alpha value is -11.2. The van der Waals surface area contributed by atoms with Gasteiger partial charge in [-0.05, 0) is 273 Å². The number of halogens is 9. The van der Waals surface area contributed by atoms with Gasteiger partial charge in [0.25, 0.3) is 0 Å². The minimum Gasteiger partial charge on any atom is -0.748 e. The van der Waals surface area contributed by atoms with E-state index in [4.69, 9.17) is 18.9 Å². The number of esters is 6. The highest BCUT2D eigenvalue weighted by Crippen LogP contribution is 2.67. The molecule has 23 rings (SSSR count). The third kappa shape index (κ3) is 26.8. The monoisotopic (exact) mass is 2170 g/mol. The molecule has 0 spiro atoms. The van der Waals surface area contributed by atoms with Crippen LogP contribution in [0.2, 0.25) is 0 Å². The zero-order chi connectivity index (χ0) is 108. The standard InChI is InChI=1S/C22H23S.3C18H23F3O7S.C18H13OS.C18H13S/c1-22(2,3)18-14-16-21(17-15-18)23(19-10-6-4-7-11-19)20-12-8-5-9-13-20;3*1-10(2)14(22)28-17-6-11-3-12(7-17)5-16(4-11,9-17)15(23)27-13(18(19,20)21)8-29(24,25)26;1-2-8-14(9-3-1)20-17-12-6-4-10-15(17)19-16-11-5-7-13-18(16)20;1-2-8-14(9-3-1)19-17-12-6-4-10-15(17)16-11-5-7-13-18(16)19/h4-17H,1-3H3;3*11-13H,1,3-9H2,2H3,(H,24,25,26);1-13H;1-13H/q+1;;;;2*+1/p-3. The molecule has 13 aliphatic rings. The summed E-state index contributed by atoms with van der Waals surface area (Å²) < 4.78 is 256. The Morgan fingerprint density at radius 1 is 0.369 bits per heavy atom. The van der Waals surface area contributed by atoms with Crippen molar-refractivity contribution in [1.29, 1.82) is 0 Å². The first kappa shape index (κ1) is 112. The van der Waals surface area contributed by atoms with Gasteiger partial charge >= 0.3 is 54.3 Å². The molecule has 0 N–H and O–H groups in total. The maximum Gasteiger partial charge on any atom is 0.426 e. The van der Waals surface area contributed by atoms with Gasteiger partial charge in [0.2, 0.25) is 28.1 Å². The fraction of sp³-hybridized carbons (Fsp3) is 0.411. The zero-order valence-electron chi connectivity index (χ0n) is 82.6. The van der Waals surface area contributed by atoms with E-state index in [9.17, 15) is 107 Å². The summed E-state index contributed by atoms with van der Waals surface area (Å²) in [5.41, 5.74) is -4.71. The number of thiophene rings is 1. The highest BCUT2D eigenvalue weighted by molar-refractivity contribution is 7.97. The minimum atomic E-state index is -5.27. The number of para-hydroxylation sites is 2. The minimum absolute atomic E-state index is 0.0134. The molecule has 10 aromatic rings. The number of benzene rings is 9. The van der Waals surface area contributed by atoms with Gasteiger partial charge in [-0.15, -0.1) is 0 Å². The summed E-state index contributed by atoms with van der Waals surface area (Å²) in [6, 6.07) is 86.4. The molecule has 22 nitrogen and oxygen atoms in total. The molecule has 9 aromatic carbocycles. The average Bonchev–Trinajstić information content (AvgIpc) is 1.30. The van der Waals surface area contributed by atoms with E-state index in [1.54, 1.807) is 0 Å². The lowest BCUT2D eigenvalue weighted by Gasteiger charge is -2.59. The molecule has 12 fully saturated rings. The Kier molecular flexibility index (Phi) is 33.0. The van der Waals surface area contributed by atoms with Crippen molar-refractivity contribution < 1.29 is 140 Å². The topological polar surface area (TPSA) is 339 Å². The van der Waals surface area contributed by atoms with Crippen LogP contribution in [0.3, 0.4) is 0 Å². The van der Waals surface area contributed by atoms with Crippen molar-refractivity contribution in [2.24, 2.45) is 51.8 Å². The highest BCUT2D eigenvalue weighted by atomic mass is 32.2. The van der Waals surface area contributed by atoms with Gasteiger partial charge in [-0.2, -0.15) is 39.5 Å². The maximum atomic E-state index is 13.2. The predicted molar refractivity (Wildman–Crippen MR) is 541 cm³/mol. The molecule has 0 amide bonds. The molecule has 37 heteroatoms. The van der Waals surface area contributed by atoms with Gasteiger partial charge in [0.1, 0.15) is 27.7 Å². The Balaban J connectivity index is 0.000000135. The van der Waals surface area contributed by atoms with Crippen LogP contribution in [-0.2, 0) is 115 Å². The second kappa shape index (κ2) is 43.9. The number of hydrogen-bond donors (Lipinski definition) is 0. The number of carbonyl (C=O) groups is 6. The van der Waals surface area contributed by atoms with Crippen LogP contribution in [0, 0.1) is 51.8 Å². The van der Waals surface area contributed by atoms with Crippen LogP contribution in [0.1, 0.15) is 163 Å². The molecule has 0 saturated heterocycles. The second-order valence-electron chi connectivity index (χ2n) is 42.2. The van der Waals surface area contributed by atoms with Crippen LogP contribution < -0.4 is 4.74 Å². The molecular formula is C112H115F9O22S6. The number of hydrogen-bond acceptors (Lipinski definition) is 22. The predicted octanol–water partition coefficient (Wildman–Crippen LogP) is 24.1. The quantitative estimate of drug-likeness (QED) is 0.0143. The van der Waals surface area contributed by atoms with Gasteiger partial charge in [-0.3, -0.25) is 14.4 Å². The number of rotatable bonds is 23. The fourth-order valence-electron chi connectivity index (χ4n) is 24.1. The molecule has 794 valence electrons. The van der Waals surface area contributed by atoms with Crippen LogP contribution in [0.25, 0.3) is 25.1 Å². The molecule has 9 unspecified atom stereocenters. The fourth-order valence-corrected chi connectivity index (χ4v) is 32.7. The Labute approximate surface area is 868 Å². The van der Waals surface area contributed by atoms with Gasteiger partial charge in [-0.1, -0.05) is 174 Å². The van der Waals surface area contributed by atoms with Crippen molar-refractivity contribution >= 4 is 119 Å². The van der Waals surface area contributed by atoms with Gasteiger partial charge in [0, 0.05) is 57.2 Å². The van der Waals surface area contributed by atoms with Crippen LogP contribution in [0.5, 0.6) is 11.5 Å².